The average molecular weight is 295 g/mol. The van der Waals surface area contributed by atoms with Crippen molar-refractivity contribution in [1.29, 1.82) is 0 Å². The van der Waals surface area contributed by atoms with Gasteiger partial charge in [0.15, 0.2) is 0 Å². The van der Waals surface area contributed by atoms with Gasteiger partial charge in [0.2, 0.25) is 0 Å². The van der Waals surface area contributed by atoms with Gasteiger partial charge in [0.05, 0.1) is 0 Å². The fourth-order valence-corrected chi connectivity index (χ4v) is 0.774. The first kappa shape index (κ1) is 11.8. The molecule has 12 heavy (non-hydrogen) atoms. The summed E-state index contributed by atoms with van der Waals surface area (Å²) < 4.78 is 0. The number of carboxylic acid groups (broad SMARTS) is 1. The molecule has 0 aromatic heterocycles. The maximum absolute atomic E-state index is 10.1. The van der Waals surface area contributed by atoms with E-state index in [9.17, 15) is 4.79 Å². The van der Waals surface area contributed by atoms with Gasteiger partial charge >= 0.3 is 6.09 Å². The van der Waals surface area contributed by atoms with E-state index in [2.05, 4.69) is 5.32 Å². The van der Waals surface area contributed by atoms with Crippen LogP contribution in [0.5, 0.6) is 0 Å². The number of hydrogen-bond donors (Lipinski definition) is 2. The van der Waals surface area contributed by atoms with Crippen LogP contribution >= 0.6 is 0 Å². The predicted molar refractivity (Wildman–Crippen MR) is 41.3 cm³/mol. The van der Waals surface area contributed by atoms with E-state index in [-0.39, 0.29) is 40.8 Å². The summed E-state index contributed by atoms with van der Waals surface area (Å²) in [7, 11) is 0. The summed E-state index contributed by atoms with van der Waals surface area (Å²) in [5, 5.41) is 10.5. The van der Waals surface area contributed by atoms with Crippen molar-refractivity contribution in [2.45, 2.75) is 6.54 Å². The van der Waals surface area contributed by atoms with E-state index < -0.39 is 6.09 Å². The van der Waals surface area contributed by atoms with Gasteiger partial charge in [-0.05, 0) is 5.56 Å². The zero-order valence-electron chi connectivity index (χ0n) is 6.45. The maximum Gasteiger partial charge on any atom is 0.404 e. The molecular weight excluding hydrogens is 286 g/mol. The number of amides is 1. The van der Waals surface area contributed by atoms with E-state index in [1.807, 2.05) is 30.3 Å². The Balaban J connectivity index is 0.00000121. The molecule has 0 aliphatic carbocycles. The molecule has 0 atom stereocenters. The molecule has 62 valence electrons. The average Bonchev–Trinajstić information content (AvgIpc) is 2.03. The number of rotatable bonds is 2. The largest absolute Gasteiger partial charge is 0.465 e. The van der Waals surface area contributed by atoms with E-state index in [4.69, 9.17) is 5.11 Å². The molecule has 0 aliphatic rings. The van der Waals surface area contributed by atoms with Crippen LogP contribution in [0.15, 0.2) is 30.3 Å². The number of hydrogen-bond acceptors (Lipinski definition) is 1. The van der Waals surface area contributed by atoms with Crippen LogP contribution < -0.4 is 5.32 Å². The topological polar surface area (TPSA) is 49.3 Å². The van der Waals surface area contributed by atoms with E-state index >= 15 is 0 Å². The van der Waals surface area contributed by atoms with Crippen molar-refractivity contribution >= 4 is 6.09 Å². The van der Waals surface area contributed by atoms with Crippen molar-refractivity contribution in [1.82, 2.24) is 5.32 Å². The van der Waals surface area contributed by atoms with Gasteiger partial charge < -0.3 is 10.4 Å². The number of carbonyl (C=O) groups is 1. The molecule has 2 N–H and O–H groups in total. The van der Waals surface area contributed by atoms with Crippen molar-refractivity contribution < 1.29 is 50.7 Å². The first-order valence-electron chi connectivity index (χ1n) is 3.30. The Kier molecular flexibility index (Phi) is 6.28. The molecule has 0 radical (unpaired) electrons. The number of benzene rings is 1. The second-order valence-electron chi connectivity index (χ2n) is 2.14. The SMILES string of the molecule is O=C(O)NCc1ccccc1.[Nd]. The minimum Gasteiger partial charge on any atom is -0.465 e. The van der Waals surface area contributed by atoms with E-state index in [0.717, 1.165) is 5.56 Å². The summed E-state index contributed by atoms with van der Waals surface area (Å²) in [6.07, 6.45) is -0.992. The maximum atomic E-state index is 10.1. The monoisotopic (exact) mass is 293 g/mol. The Morgan fingerprint density at radius 1 is 1.33 bits per heavy atom. The summed E-state index contributed by atoms with van der Waals surface area (Å²) in [4.78, 5) is 10.1. The van der Waals surface area contributed by atoms with Crippen LogP contribution in [-0.2, 0) is 6.54 Å². The van der Waals surface area contributed by atoms with E-state index in [1.165, 1.54) is 0 Å². The second-order valence-corrected chi connectivity index (χ2v) is 2.14. The zero-order valence-corrected chi connectivity index (χ0v) is 9.66. The van der Waals surface area contributed by atoms with E-state index in [0.29, 0.717) is 6.54 Å². The quantitative estimate of drug-likeness (QED) is 0.868. The van der Waals surface area contributed by atoms with Gasteiger partial charge in [-0.25, -0.2) is 4.79 Å². The minimum absolute atomic E-state index is 0. The molecule has 0 heterocycles. The molecule has 3 nitrogen and oxygen atoms in total. The first-order chi connectivity index (χ1) is 5.29. The van der Waals surface area contributed by atoms with Gasteiger partial charge in [0.1, 0.15) is 0 Å². The summed E-state index contributed by atoms with van der Waals surface area (Å²) >= 11 is 0. The summed E-state index contributed by atoms with van der Waals surface area (Å²) in [6, 6.07) is 9.38. The molecule has 1 amide bonds. The van der Waals surface area contributed by atoms with E-state index in [1.54, 1.807) is 0 Å². The Bertz CT molecular complexity index is 238. The van der Waals surface area contributed by atoms with Gasteiger partial charge in [-0.3, -0.25) is 0 Å². The molecular formula is C8H9NNdO2. The second kappa shape index (κ2) is 6.37. The molecule has 1 aromatic rings. The van der Waals surface area contributed by atoms with Gasteiger partial charge in [0.25, 0.3) is 0 Å². The molecule has 0 spiro atoms. The van der Waals surface area contributed by atoms with Gasteiger partial charge in [-0.2, -0.15) is 0 Å². The molecule has 0 unspecified atom stereocenters. The van der Waals surface area contributed by atoms with Crippen LogP contribution in [0.1, 0.15) is 5.56 Å². The van der Waals surface area contributed by atoms with Crippen LogP contribution in [-0.4, -0.2) is 11.2 Å². The predicted octanol–water partition coefficient (Wildman–Crippen LogP) is 1.45. The molecule has 4 heteroatoms. The zero-order chi connectivity index (χ0) is 8.10. The molecule has 0 saturated heterocycles. The van der Waals surface area contributed by atoms with Gasteiger partial charge in [-0.15, -0.1) is 0 Å². The Morgan fingerprint density at radius 3 is 2.42 bits per heavy atom. The van der Waals surface area contributed by atoms with Crippen LogP contribution in [0, 0.1) is 40.8 Å². The van der Waals surface area contributed by atoms with Crippen LogP contribution in [0.3, 0.4) is 0 Å². The summed E-state index contributed by atoms with van der Waals surface area (Å²) in [6.45, 7) is 0.371. The molecule has 0 aliphatic heterocycles. The van der Waals surface area contributed by atoms with Crippen molar-refractivity contribution in [2.24, 2.45) is 0 Å². The fourth-order valence-electron chi connectivity index (χ4n) is 0.774. The normalized spacial score (nSPS) is 8.33. The Labute approximate surface area is 104 Å². The molecule has 0 saturated carbocycles. The standard InChI is InChI=1S/C8H9NO2.Nd/c10-8(11)9-6-7-4-2-1-3-5-7;/h1-5,9H,6H2,(H,10,11);. The molecule has 0 bridgehead atoms. The van der Waals surface area contributed by atoms with Crippen molar-refractivity contribution in [3.8, 4) is 0 Å². The number of nitrogens with one attached hydrogen (secondary N) is 1. The van der Waals surface area contributed by atoms with Crippen molar-refractivity contribution in [2.75, 3.05) is 0 Å². The molecule has 1 rings (SSSR count). The summed E-state index contributed by atoms with van der Waals surface area (Å²) in [5.74, 6) is 0. The van der Waals surface area contributed by atoms with Gasteiger partial charge in [-0.1, -0.05) is 30.3 Å². The fraction of sp³-hybridized carbons (Fsp3) is 0.125. The minimum atomic E-state index is -0.992. The third-order valence-electron chi connectivity index (χ3n) is 1.29. The van der Waals surface area contributed by atoms with Crippen LogP contribution in [0.4, 0.5) is 4.79 Å². The Morgan fingerprint density at radius 2 is 1.92 bits per heavy atom. The third-order valence-corrected chi connectivity index (χ3v) is 1.29. The smallest absolute Gasteiger partial charge is 0.404 e. The Hall–Kier alpha value is -0.159. The molecule has 0 fully saturated rings. The van der Waals surface area contributed by atoms with Crippen LogP contribution in [0.25, 0.3) is 0 Å². The van der Waals surface area contributed by atoms with Crippen LogP contribution in [0.2, 0.25) is 0 Å². The first-order valence-corrected chi connectivity index (χ1v) is 3.30. The summed E-state index contributed by atoms with van der Waals surface area (Å²) in [5.41, 5.74) is 0.968. The van der Waals surface area contributed by atoms with Crippen molar-refractivity contribution in [3.63, 3.8) is 0 Å². The van der Waals surface area contributed by atoms with Gasteiger partial charge in [0, 0.05) is 47.4 Å². The van der Waals surface area contributed by atoms with Crippen molar-refractivity contribution in [3.05, 3.63) is 35.9 Å². The third kappa shape index (κ3) is 4.66. The molecule has 1 aromatic carbocycles.